The van der Waals surface area contributed by atoms with Gasteiger partial charge >= 0.3 is 5.97 Å². The number of hydrogen-bond acceptors (Lipinski definition) is 2. The molecule has 0 aliphatic heterocycles. The molecule has 0 radical (unpaired) electrons. The third-order valence-electron chi connectivity index (χ3n) is 1.91. The Kier molecular flexibility index (Phi) is 6.06. The van der Waals surface area contributed by atoms with Gasteiger partial charge in [-0.15, -0.1) is 0 Å². The van der Waals surface area contributed by atoms with Gasteiger partial charge in [0.25, 0.3) is 0 Å². The molecule has 0 aromatic heterocycles. The maximum Gasteiger partial charge on any atom is 0.302 e. The van der Waals surface area contributed by atoms with Crippen LogP contribution in [0.5, 0.6) is 0 Å². The summed E-state index contributed by atoms with van der Waals surface area (Å²) in [6.45, 7) is 5.54. The average Bonchev–Trinajstić information content (AvgIpc) is 2.18. The van der Waals surface area contributed by atoms with E-state index in [9.17, 15) is 4.79 Å². The van der Waals surface area contributed by atoms with Crippen LogP contribution in [0, 0.1) is 0 Å². The smallest absolute Gasteiger partial charge is 0.302 e. The van der Waals surface area contributed by atoms with Crippen LogP contribution in [0.15, 0.2) is 30.8 Å². The molecule has 3 heteroatoms. The minimum atomic E-state index is -0.229. The SMILES string of the molecule is C=Cc1ccc(CCOC(C)=O)cc1.O. The van der Waals surface area contributed by atoms with Crippen molar-refractivity contribution in [2.75, 3.05) is 6.61 Å². The molecular formula is C12H16O3. The van der Waals surface area contributed by atoms with E-state index in [4.69, 9.17) is 4.74 Å². The minimum absolute atomic E-state index is 0. The molecule has 3 nitrogen and oxygen atoms in total. The molecule has 0 aliphatic carbocycles. The second-order valence-corrected chi connectivity index (χ2v) is 3.04. The lowest BCUT2D eigenvalue weighted by Gasteiger charge is -2.02. The quantitative estimate of drug-likeness (QED) is 0.706. The predicted octanol–water partition coefficient (Wildman–Crippen LogP) is 1.61. The lowest BCUT2D eigenvalue weighted by molar-refractivity contribution is -0.140. The van der Waals surface area contributed by atoms with Gasteiger partial charge in [0, 0.05) is 13.3 Å². The van der Waals surface area contributed by atoms with Gasteiger partial charge in [0.15, 0.2) is 0 Å². The summed E-state index contributed by atoms with van der Waals surface area (Å²) in [6, 6.07) is 8.02. The van der Waals surface area contributed by atoms with Crippen LogP contribution in [-0.4, -0.2) is 18.1 Å². The zero-order valence-electron chi connectivity index (χ0n) is 8.82. The first-order valence-electron chi connectivity index (χ1n) is 4.57. The minimum Gasteiger partial charge on any atom is -0.466 e. The van der Waals surface area contributed by atoms with Crippen molar-refractivity contribution in [3.63, 3.8) is 0 Å². The number of carbonyl (C=O) groups excluding carboxylic acids is 1. The van der Waals surface area contributed by atoms with Crippen LogP contribution in [0.3, 0.4) is 0 Å². The highest BCUT2D eigenvalue weighted by Crippen LogP contribution is 2.06. The summed E-state index contributed by atoms with van der Waals surface area (Å²) >= 11 is 0. The molecule has 1 aromatic rings. The first kappa shape index (κ1) is 13.4. The normalized spacial score (nSPS) is 8.87. The van der Waals surface area contributed by atoms with Gasteiger partial charge in [-0.1, -0.05) is 36.9 Å². The lowest BCUT2D eigenvalue weighted by Crippen LogP contribution is -2.03. The van der Waals surface area contributed by atoms with Crippen LogP contribution in [0.1, 0.15) is 18.1 Å². The molecule has 0 spiro atoms. The molecule has 2 N–H and O–H groups in total. The molecule has 0 saturated heterocycles. The van der Waals surface area contributed by atoms with Crippen LogP contribution in [-0.2, 0) is 16.0 Å². The predicted molar refractivity (Wildman–Crippen MR) is 60.5 cm³/mol. The molecule has 0 aliphatic rings. The Labute approximate surface area is 89.7 Å². The van der Waals surface area contributed by atoms with E-state index in [0.29, 0.717) is 6.61 Å². The molecule has 0 fully saturated rings. The molecular weight excluding hydrogens is 192 g/mol. The van der Waals surface area contributed by atoms with E-state index >= 15 is 0 Å². The third kappa shape index (κ3) is 4.98. The van der Waals surface area contributed by atoms with E-state index < -0.39 is 0 Å². The topological polar surface area (TPSA) is 57.8 Å². The highest BCUT2D eigenvalue weighted by molar-refractivity contribution is 5.65. The van der Waals surface area contributed by atoms with E-state index in [-0.39, 0.29) is 11.4 Å². The van der Waals surface area contributed by atoms with E-state index in [1.54, 1.807) is 6.08 Å². The van der Waals surface area contributed by atoms with E-state index in [1.807, 2.05) is 24.3 Å². The molecule has 1 aromatic carbocycles. The molecule has 0 heterocycles. The first-order chi connectivity index (χ1) is 6.72. The van der Waals surface area contributed by atoms with Crippen LogP contribution >= 0.6 is 0 Å². The van der Waals surface area contributed by atoms with Crippen molar-refractivity contribution in [1.82, 2.24) is 0 Å². The van der Waals surface area contributed by atoms with Crippen LogP contribution in [0.4, 0.5) is 0 Å². The largest absolute Gasteiger partial charge is 0.466 e. The Morgan fingerprint density at radius 1 is 1.40 bits per heavy atom. The Balaban J connectivity index is 0.00000196. The number of hydrogen-bond donors (Lipinski definition) is 0. The summed E-state index contributed by atoms with van der Waals surface area (Å²) < 4.78 is 4.84. The summed E-state index contributed by atoms with van der Waals surface area (Å²) in [6.07, 6.45) is 2.56. The maximum absolute atomic E-state index is 10.5. The molecule has 15 heavy (non-hydrogen) atoms. The van der Waals surface area contributed by atoms with Gasteiger partial charge in [0.2, 0.25) is 0 Å². The van der Waals surface area contributed by atoms with Crippen molar-refractivity contribution in [3.05, 3.63) is 42.0 Å². The third-order valence-corrected chi connectivity index (χ3v) is 1.91. The van der Waals surface area contributed by atoms with Crippen molar-refractivity contribution in [3.8, 4) is 0 Å². The maximum atomic E-state index is 10.5. The van der Waals surface area contributed by atoms with Gasteiger partial charge in [-0.3, -0.25) is 4.79 Å². The van der Waals surface area contributed by atoms with Gasteiger partial charge in [-0.2, -0.15) is 0 Å². The summed E-state index contributed by atoms with van der Waals surface area (Å²) in [5.74, 6) is -0.229. The fraction of sp³-hybridized carbons (Fsp3) is 0.250. The van der Waals surface area contributed by atoms with Gasteiger partial charge < -0.3 is 10.2 Å². The standard InChI is InChI=1S/C12H14O2.H2O/c1-3-11-4-6-12(7-5-11)8-9-14-10(2)13;/h3-7H,1,8-9H2,2H3;1H2. The highest BCUT2D eigenvalue weighted by Gasteiger charge is 1.95. The zero-order chi connectivity index (χ0) is 10.4. The van der Waals surface area contributed by atoms with Crippen LogP contribution in [0.25, 0.3) is 6.08 Å². The molecule has 82 valence electrons. The summed E-state index contributed by atoms with van der Waals surface area (Å²) in [4.78, 5) is 10.5. The number of carbonyl (C=O) groups is 1. The molecule has 0 atom stereocenters. The van der Waals surface area contributed by atoms with Crippen molar-refractivity contribution in [2.45, 2.75) is 13.3 Å². The second kappa shape index (κ2) is 6.79. The summed E-state index contributed by atoms with van der Waals surface area (Å²) in [5.41, 5.74) is 2.26. The van der Waals surface area contributed by atoms with Gasteiger partial charge in [0.1, 0.15) is 0 Å². The Morgan fingerprint density at radius 2 is 2.00 bits per heavy atom. The van der Waals surface area contributed by atoms with Crippen molar-refractivity contribution in [2.24, 2.45) is 0 Å². The van der Waals surface area contributed by atoms with E-state index in [0.717, 1.165) is 17.5 Å². The Bertz CT molecular complexity index is 314. The second-order valence-electron chi connectivity index (χ2n) is 3.04. The van der Waals surface area contributed by atoms with Crippen LogP contribution < -0.4 is 0 Å². The van der Waals surface area contributed by atoms with Crippen molar-refractivity contribution < 1.29 is 15.0 Å². The van der Waals surface area contributed by atoms with Gasteiger partial charge in [0.05, 0.1) is 6.61 Å². The molecule has 0 bridgehead atoms. The number of esters is 1. The average molecular weight is 208 g/mol. The monoisotopic (exact) mass is 208 g/mol. The lowest BCUT2D eigenvalue weighted by atomic mass is 10.1. The Hall–Kier alpha value is -1.61. The molecule has 0 amide bonds. The van der Waals surface area contributed by atoms with E-state index in [1.165, 1.54) is 6.92 Å². The van der Waals surface area contributed by atoms with Gasteiger partial charge in [-0.25, -0.2) is 0 Å². The molecule has 0 unspecified atom stereocenters. The summed E-state index contributed by atoms with van der Waals surface area (Å²) in [7, 11) is 0. The summed E-state index contributed by atoms with van der Waals surface area (Å²) in [5, 5.41) is 0. The fourth-order valence-electron chi connectivity index (χ4n) is 1.13. The highest BCUT2D eigenvalue weighted by atomic mass is 16.5. The Morgan fingerprint density at radius 3 is 2.47 bits per heavy atom. The first-order valence-corrected chi connectivity index (χ1v) is 4.57. The van der Waals surface area contributed by atoms with Crippen LogP contribution in [0.2, 0.25) is 0 Å². The van der Waals surface area contributed by atoms with Crippen molar-refractivity contribution >= 4 is 12.0 Å². The van der Waals surface area contributed by atoms with E-state index in [2.05, 4.69) is 6.58 Å². The van der Waals surface area contributed by atoms with Gasteiger partial charge in [-0.05, 0) is 11.1 Å². The molecule has 0 saturated carbocycles. The zero-order valence-corrected chi connectivity index (χ0v) is 8.82. The fourth-order valence-corrected chi connectivity index (χ4v) is 1.13. The number of benzene rings is 1. The number of ether oxygens (including phenoxy) is 1. The number of rotatable bonds is 4. The van der Waals surface area contributed by atoms with Crippen molar-refractivity contribution in [1.29, 1.82) is 0 Å². The molecule has 1 rings (SSSR count).